The van der Waals surface area contributed by atoms with Gasteiger partial charge in [-0.15, -0.1) is 0 Å². The summed E-state index contributed by atoms with van der Waals surface area (Å²) in [5, 5.41) is 4.42. The van der Waals surface area contributed by atoms with Gasteiger partial charge in [-0.1, -0.05) is 29.3 Å². The molecule has 1 aliphatic rings. The summed E-state index contributed by atoms with van der Waals surface area (Å²) in [4.78, 5) is 14.1. The van der Waals surface area contributed by atoms with Crippen LogP contribution >= 0.6 is 23.2 Å². The summed E-state index contributed by atoms with van der Waals surface area (Å²) in [6.07, 6.45) is 0.907. The fourth-order valence-corrected chi connectivity index (χ4v) is 2.96. The fraction of sp³-hybridized carbons (Fsp3) is 0.500. The molecule has 0 aliphatic carbocycles. The van der Waals surface area contributed by atoms with Gasteiger partial charge < -0.3 is 10.2 Å². The maximum atomic E-state index is 12.4. The van der Waals surface area contributed by atoms with Crippen molar-refractivity contribution >= 4 is 29.1 Å². The van der Waals surface area contributed by atoms with Gasteiger partial charge in [-0.25, -0.2) is 0 Å². The molecule has 104 valence electrons. The zero-order valence-electron chi connectivity index (χ0n) is 11.1. The second kappa shape index (κ2) is 6.12. The Morgan fingerprint density at radius 2 is 2.21 bits per heavy atom. The number of carbonyl (C=O) groups is 1. The summed E-state index contributed by atoms with van der Waals surface area (Å²) < 4.78 is 0. The molecule has 0 spiro atoms. The highest BCUT2D eigenvalue weighted by Gasteiger charge is 2.28. The highest BCUT2D eigenvalue weighted by atomic mass is 35.5. The van der Waals surface area contributed by atoms with Crippen molar-refractivity contribution in [2.24, 2.45) is 5.92 Å². The lowest BCUT2D eigenvalue weighted by Gasteiger charge is -2.28. The molecule has 3 nitrogen and oxygen atoms in total. The minimum absolute atomic E-state index is 0.0575. The van der Waals surface area contributed by atoms with Gasteiger partial charge in [0.2, 0.25) is 5.91 Å². The zero-order valence-corrected chi connectivity index (χ0v) is 12.6. The van der Waals surface area contributed by atoms with E-state index in [0.29, 0.717) is 10.0 Å². The Labute approximate surface area is 123 Å². The van der Waals surface area contributed by atoms with Crippen LogP contribution in [-0.2, 0) is 4.79 Å². The normalized spacial score (nSPS) is 20.3. The number of amides is 1. The summed E-state index contributed by atoms with van der Waals surface area (Å²) in [5.41, 5.74) is 0.924. The number of rotatable bonds is 3. The average molecular weight is 301 g/mol. The lowest BCUT2D eigenvalue weighted by molar-refractivity contribution is -0.135. The molecule has 0 saturated carbocycles. The van der Waals surface area contributed by atoms with Crippen molar-refractivity contribution in [3.05, 3.63) is 33.8 Å². The molecule has 0 bridgehead atoms. The van der Waals surface area contributed by atoms with Gasteiger partial charge in [0.1, 0.15) is 0 Å². The van der Waals surface area contributed by atoms with Crippen LogP contribution in [0.5, 0.6) is 0 Å². The summed E-state index contributed by atoms with van der Waals surface area (Å²) in [6.45, 7) is 3.67. The van der Waals surface area contributed by atoms with Crippen LogP contribution in [-0.4, -0.2) is 30.9 Å². The topological polar surface area (TPSA) is 32.3 Å². The van der Waals surface area contributed by atoms with Crippen molar-refractivity contribution in [3.8, 4) is 0 Å². The average Bonchev–Trinajstić information content (AvgIpc) is 2.90. The minimum Gasteiger partial charge on any atom is -0.339 e. The summed E-state index contributed by atoms with van der Waals surface area (Å²) in [7, 11) is 1.83. The Bertz CT molecular complexity index is 473. The zero-order chi connectivity index (χ0) is 14.0. The maximum Gasteiger partial charge on any atom is 0.227 e. The summed E-state index contributed by atoms with van der Waals surface area (Å²) in [5.74, 6) is 0.252. The summed E-state index contributed by atoms with van der Waals surface area (Å²) >= 11 is 12.1. The van der Waals surface area contributed by atoms with E-state index in [1.807, 2.05) is 20.0 Å². The van der Waals surface area contributed by atoms with Crippen LogP contribution in [0, 0.1) is 5.92 Å². The predicted molar refractivity (Wildman–Crippen MR) is 78.6 cm³/mol. The Hall–Kier alpha value is -0.770. The van der Waals surface area contributed by atoms with Crippen LogP contribution in [0.2, 0.25) is 10.0 Å². The van der Waals surface area contributed by atoms with Gasteiger partial charge >= 0.3 is 0 Å². The number of carbonyl (C=O) groups excluding carboxylic acids is 1. The molecular weight excluding hydrogens is 283 g/mol. The van der Waals surface area contributed by atoms with Crippen molar-refractivity contribution < 1.29 is 4.79 Å². The number of halogens is 2. The van der Waals surface area contributed by atoms with Crippen LogP contribution < -0.4 is 5.32 Å². The van der Waals surface area contributed by atoms with Crippen LogP contribution in [0.15, 0.2) is 18.2 Å². The van der Waals surface area contributed by atoms with Gasteiger partial charge in [-0.2, -0.15) is 0 Å². The van der Waals surface area contributed by atoms with E-state index < -0.39 is 0 Å². The molecule has 1 aromatic rings. The minimum atomic E-state index is -0.0575. The number of hydrogen-bond donors (Lipinski definition) is 1. The highest BCUT2D eigenvalue weighted by Crippen LogP contribution is 2.30. The Balaban J connectivity index is 2.13. The molecule has 2 unspecified atom stereocenters. The van der Waals surface area contributed by atoms with Crippen LogP contribution in [0.25, 0.3) is 0 Å². The third-order valence-electron chi connectivity index (χ3n) is 3.75. The highest BCUT2D eigenvalue weighted by molar-refractivity contribution is 6.35. The number of nitrogens with zero attached hydrogens (tertiary/aromatic N) is 1. The standard InChI is InChI=1S/C14H18Cl2N2O/c1-9(12-4-3-11(15)7-13(12)16)18(2)14(19)10-5-6-17-8-10/h3-4,7,9-10,17H,5-6,8H2,1-2H3. The first-order chi connectivity index (χ1) is 9.00. The molecule has 2 rings (SSSR count). The van der Waals surface area contributed by atoms with Gasteiger partial charge in [0.05, 0.1) is 12.0 Å². The van der Waals surface area contributed by atoms with Gasteiger partial charge in [0.15, 0.2) is 0 Å². The van der Waals surface area contributed by atoms with Gasteiger partial charge in [-0.3, -0.25) is 4.79 Å². The molecular formula is C14H18Cl2N2O. The van der Waals surface area contributed by atoms with Crippen molar-refractivity contribution in [1.29, 1.82) is 0 Å². The third kappa shape index (κ3) is 3.22. The first-order valence-corrected chi connectivity index (χ1v) is 7.18. The van der Waals surface area contributed by atoms with E-state index in [-0.39, 0.29) is 17.9 Å². The van der Waals surface area contributed by atoms with Crippen LogP contribution in [0.1, 0.15) is 24.9 Å². The Morgan fingerprint density at radius 3 is 2.79 bits per heavy atom. The van der Waals surface area contributed by atoms with E-state index >= 15 is 0 Å². The van der Waals surface area contributed by atoms with E-state index in [9.17, 15) is 4.79 Å². The van der Waals surface area contributed by atoms with Gasteiger partial charge in [0, 0.05) is 23.6 Å². The van der Waals surface area contributed by atoms with E-state index in [0.717, 1.165) is 25.1 Å². The lowest BCUT2D eigenvalue weighted by atomic mass is 10.0. The molecule has 1 aromatic carbocycles. The predicted octanol–water partition coefficient (Wildman–Crippen LogP) is 3.12. The van der Waals surface area contributed by atoms with E-state index in [4.69, 9.17) is 23.2 Å². The van der Waals surface area contributed by atoms with E-state index in [1.165, 1.54) is 0 Å². The van der Waals surface area contributed by atoms with Crippen LogP contribution in [0.3, 0.4) is 0 Å². The van der Waals surface area contributed by atoms with Gasteiger partial charge in [0.25, 0.3) is 0 Å². The molecule has 2 atom stereocenters. The van der Waals surface area contributed by atoms with Crippen molar-refractivity contribution in [2.45, 2.75) is 19.4 Å². The Morgan fingerprint density at radius 1 is 1.47 bits per heavy atom. The lowest BCUT2D eigenvalue weighted by Crippen LogP contribution is -2.35. The molecule has 1 heterocycles. The number of hydrogen-bond acceptors (Lipinski definition) is 2. The summed E-state index contributed by atoms with van der Waals surface area (Å²) in [6, 6.07) is 5.34. The molecule has 0 radical (unpaired) electrons. The molecule has 1 amide bonds. The van der Waals surface area contributed by atoms with Crippen molar-refractivity contribution in [2.75, 3.05) is 20.1 Å². The van der Waals surface area contributed by atoms with Crippen LogP contribution in [0.4, 0.5) is 0 Å². The molecule has 1 aliphatic heterocycles. The first kappa shape index (κ1) is 14.6. The van der Waals surface area contributed by atoms with Crippen molar-refractivity contribution in [3.63, 3.8) is 0 Å². The molecule has 19 heavy (non-hydrogen) atoms. The SMILES string of the molecule is CC(c1ccc(Cl)cc1Cl)N(C)C(=O)C1CCNC1. The van der Waals surface area contributed by atoms with E-state index in [1.54, 1.807) is 17.0 Å². The number of benzene rings is 1. The Kier molecular flexibility index (Phi) is 4.71. The quantitative estimate of drug-likeness (QED) is 0.930. The molecule has 1 saturated heterocycles. The monoisotopic (exact) mass is 300 g/mol. The molecule has 0 aromatic heterocycles. The fourth-order valence-electron chi connectivity index (χ4n) is 2.39. The second-order valence-electron chi connectivity index (χ2n) is 4.98. The molecule has 1 N–H and O–H groups in total. The largest absolute Gasteiger partial charge is 0.339 e. The molecule has 1 fully saturated rings. The van der Waals surface area contributed by atoms with Gasteiger partial charge in [-0.05, 0) is 37.6 Å². The smallest absolute Gasteiger partial charge is 0.227 e. The maximum absolute atomic E-state index is 12.4. The third-order valence-corrected chi connectivity index (χ3v) is 4.31. The first-order valence-electron chi connectivity index (χ1n) is 6.43. The van der Waals surface area contributed by atoms with E-state index in [2.05, 4.69) is 5.32 Å². The molecule has 5 heteroatoms. The second-order valence-corrected chi connectivity index (χ2v) is 5.82. The van der Waals surface area contributed by atoms with Crippen molar-refractivity contribution in [1.82, 2.24) is 10.2 Å². The number of nitrogens with one attached hydrogen (secondary N) is 1.